The smallest absolute Gasteiger partial charge is 0.301 e. The van der Waals surface area contributed by atoms with Gasteiger partial charge in [0.2, 0.25) is 0 Å². The molecule has 0 saturated heterocycles. The molecule has 0 aliphatic heterocycles. The lowest BCUT2D eigenvalue weighted by atomic mass is 10.2. The van der Waals surface area contributed by atoms with Crippen molar-refractivity contribution in [1.29, 1.82) is 0 Å². The minimum atomic E-state index is -3.76. The summed E-state index contributed by atoms with van der Waals surface area (Å²) < 4.78 is 25.9. The van der Waals surface area contributed by atoms with Gasteiger partial charge in [0.05, 0.1) is 7.11 Å². The van der Waals surface area contributed by atoms with Crippen LogP contribution in [-0.4, -0.2) is 15.5 Å². The summed E-state index contributed by atoms with van der Waals surface area (Å²) in [5.41, 5.74) is 0.565. The van der Waals surface area contributed by atoms with Crippen LogP contribution in [0.25, 0.3) is 0 Å². The van der Waals surface area contributed by atoms with Gasteiger partial charge in [-0.2, -0.15) is 8.42 Å². The SMILES string of the molecule is COc1ccc(C#CS(=O)(=O)Cl)cc1. The Labute approximate surface area is 87.1 Å². The molecule has 0 N–H and O–H groups in total. The average molecular weight is 231 g/mol. The molecule has 0 unspecified atom stereocenters. The molecule has 74 valence electrons. The first-order chi connectivity index (χ1) is 6.51. The second-order valence-electron chi connectivity index (χ2n) is 2.39. The van der Waals surface area contributed by atoms with Crippen molar-refractivity contribution in [2.75, 3.05) is 7.11 Å². The quantitative estimate of drug-likeness (QED) is 0.543. The summed E-state index contributed by atoms with van der Waals surface area (Å²) >= 11 is 0. The lowest BCUT2D eigenvalue weighted by molar-refractivity contribution is 0.415. The zero-order chi connectivity index (χ0) is 10.6. The largest absolute Gasteiger partial charge is 0.497 e. The third kappa shape index (κ3) is 3.69. The van der Waals surface area contributed by atoms with Gasteiger partial charge in [-0.05, 0) is 30.2 Å². The number of hydrogen-bond acceptors (Lipinski definition) is 3. The minimum Gasteiger partial charge on any atom is -0.497 e. The topological polar surface area (TPSA) is 43.4 Å². The van der Waals surface area contributed by atoms with E-state index in [1.807, 2.05) is 5.25 Å². The van der Waals surface area contributed by atoms with Crippen molar-refractivity contribution in [3.05, 3.63) is 29.8 Å². The van der Waals surface area contributed by atoms with Gasteiger partial charge in [0.15, 0.2) is 0 Å². The normalized spacial score (nSPS) is 10.1. The van der Waals surface area contributed by atoms with E-state index in [9.17, 15) is 8.42 Å². The first-order valence-electron chi connectivity index (χ1n) is 3.63. The van der Waals surface area contributed by atoms with Crippen molar-refractivity contribution < 1.29 is 13.2 Å². The van der Waals surface area contributed by atoms with E-state index in [4.69, 9.17) is 15.4 Å². The van der Waals surface area contributed by atoms with E-state index in [1.54, 1.807) is 31.4 Å². The minimum absolute atomic E-state index is 0.565. The van der Waals surface area contributed by atoms with E-state index in [-0.39, 0.29) is 0 Å². The zero-order valence-electron chi connectivity index (χ0n) is 7.32. The highest BCUT2D eigenvalue weighted by atomic mass is 35.7. The predicted octanol–water partition coefficient (Wildman–Crippen LogP) is 1.57. The number of ether oxygens (including phenoxy) is 1. The van der Waals surface area contributed by atoms with Gasteiger partial charge in [0, 0.05) is 21.5 Å². The Hall–Kier alpha value is -1.18. The molecule has 0 fully saturated rings. The van der Waals surface area contributed by atoms with Crippen LogP contribution in [0.2, 0.25) is 0 Å². The fourth-order valence-electron chi connectivity index (χ4n) is 0.794. The van der Waals surface area contributed by atoms with Crippen LogP contribution in [0, 0.1) is 11.2 Å². The van der Waals surface area contributed by atoms with Crippen molar-refractivity contribution in [3.8, 4) is 16.9 Å². The fourth-order valence-corrected chi connectivity index (χ4v) is 1.15. The summed E-state index contributed by atoms with van der Waals surface area (Å²) in [4.78, 5) is 0. The summed E-state index contributed by atoms with van der Waals surface area (Å²) in [5.74, 6) is 3.09. The van der Waals surface area contributed by atoms with Crippen molar-refractivity contribution in [1.82, 2.24) is 0 Å². The van der Waals surface area contributed by atoms with Gasteiger partial charge in [0.25, 0.3) is 0 Å². The van der Waals surface area contributed by atoms with Crippen LogP contribution < -0.4 is 4.74 Å². The van der Waals surface area contributed by atoms with Crippen LogP contribution in [0.4, 0.5) is 0 Å². The third-order valence-electron chi connectivity index (χ3n) is 1.41. The molecular formula is C9H7ClO3S. The molecule has 0 aromatic heterocycles. The van der Waals surface area contributed by atoms with Gasteiger partial charge in [-0.15, -0.1) is 0 Å². The van der Waals surface area contributed by atoms with E-state index in [0.717, 1.165) is 0 Å². The Bertz CT molecular complexity index is 465. The van der Waals surface area contributed by atoms with Crippen molar-refractivity contribution in [3.63, 3.8) is 0 Å². The summed E-state index contributed by atoms with van der Waals surface area (Å²) in [6, 6.07) is 6.66. The van der Waals surface area contributed by atoms with Gasteiger partial charge < -0.3 is 4.74 Å². The second kappa shape index (κ2) is 4.36. The molecule has 0 aliphatic rings. The monoisotopic (exact) mass is 230 g/mol. The molecule has 0 saturated carbocycles. The molecule has 0 amide bonds. The number of benzene rings is 1. The number of methoxy groups -OCH3 is 1. The molecule has 0 bridgehead atoms. The van der Waals surface area contributed by atoms with E-state index in [0.29, 0.717) is 11.3 Å². The fraction of sp³-hybridized carbons (Fsp3) is 0.111. The highest BCUT2D eigenvalue weighted by Crippen LogP contribution is 2.10. The van der Waals surface area contributed by atoms with Gasteiger partial charge in [-0.3, -0.25) is 0 Å². The highest BCUT2D eigenvalue weighted by Gasteiger charge is 1.96. The molecular weight excluding hydrogens is 224 g/mol. The zero-order valence-corrected chi connectivity index (χ0v) is 8.89. The van der Waals surface area contributed by atoms with E-state index in [1.165, 1.54) is 0 Å². The summed E-state index contributed by atoms with van der Waals surface area (Å²) in [5, 5.41) is 1.92. The summed E-state index contributed by atoms with van der Waals surface area (Å²) in [7, 11) is 2.70. The molecule has 1 aromatic carbocycles. The molecule has 0 radical (unpaired) electrons. The number of halogens is 1. The second-order valence-corrected chi connectivity index (χ2v) is 4.69. The van der Waals surface area contributed by atoms with Crippen LogP contribution in [0.5, 0.6) is 5.75 Å². The van der Waals surface area contributed by atoms with Crippen LogP contribution in [-0.2, 0) is 9.05 Å². The van der Waals surface area contributed by atoms with E-state index >= 15 is 0 Å². The predicted molar refractivity (Wildman–Crippen MR) is 54.6 cm³/mol. The van der Waals surface area contributed by atoms with Crippen molar-refractivity contribution in [2.24, 2.45) is 0 Å². The van der Waals surface area contributed by atoms with Gasteiger partial charge in [-0.25, -0.2) is 0 Å². The van der Waals surface area contributed by atoms with Crippen LogP contribution >= 0.6 is 10.7 Å². The first kappa shape index (κ1) is 10.9. The Morgan fingerprint density at radius 1 is 1.29 bits per heavy atom. The Kier molecular flexibility index (Phi) is 3.39. The number of rotatable bonds is 1. The van der Waals surface area contributed by atoms with Gasteiger partial charge in [0.1, 0.15) is 5.75 Å². The van der Waals surface area contributed by atoms with Crippen LogP contribution in [0.3, 0.4) is 0 Å². The van der Waals surface area contributed by atoms with Gasteiger partial charge in [-0.1, -0.05) is 0 Å². The Balaban J connectivity index is 2.93. The summed E-state index contributed by atoms with van der Waals surface area (Å²) in [6.45, 7) is 0. The van der Waals surface area contributed by atoms with Gasteiger partial charge >= 0.3 is 9.05 Å². The molecule has 0 heterocycles. The molecule has 3 nitrogen and oxygen atoms in total. The van der Waals surface area contributed by atoms with E-state index in [2.05, 4.69) is 5.92 Å². The molecule has 0 aliphatic carbocycles. The third-order valence-corrected chi connectivity index (χ3v) is 1.98. The maximum absolute atomic E-state index is 10.5. The Morgan fingerprint density at radius 3 is 2.29 bits per heavy atom. The standard InChI is InChI=1S/C9H7ClO3S/c1-13-9-4-2-8(3-5-9)6-7-14(10,11)12/h2-5H,1H3. The van der Waals surface area contributed by atoms with Crippen molar-refractivity contribution in [2.45, 2.75) is 0 Å². The van der Waals surface area contributed by atoms with Crippen LogP contribution in [0.15, 0.2) is 24.3 Å². The molecule has 1 rings (SSSR count). The van der Waals surface area contributed by atoms with E-state index < -0.39 is 9.05 Å². The molecule has 0 atom stereocenters. The Morgan fingerprint density at radius 2 is 1.86 bits per heavy atom. The molecule has 5 heteroatoms. The maximum atomic E-state index is 10.5. The lowest BCUT2D eigenvalue weighted by Crippen LogP contribution is -1.83. The van der Waals surface area contributed by atoms with Crippen LogP contribution in [0.1, 0.15) is 5.56 Å². The average Bonchev–Trinajstić information content (AvgIpc) is 2.14. The highest BCUT2D eigenvalue weighted by molar-refractivity contribution is 8.17. The molecule has 14 heavy (non-hydrogen) atoms. The first-order valence-corrected chi connectivity index (χ1v) is 5.93. The summed E-state index contributed by atoms with van der Waals surface area (Å²) in [6.07, 6.45) is 0. The lowest BCUT2D eigenvalue weighted by Gasteiger charge is -1.97. The molecule has 1 aromatic rings. The molecule has 0 spiro atoms. The number of hydrogen-bond donors (Lipinski definition) is 0. The maximum Gasteiger partial charge on any atom is 0.301 e. The van der Waals surface area contributed by atoms with Crippen molar-refractivity contribution >= 4 is 19.7 Å².